The lowest BCUT2D eigenvalue weighted by molar-refractivity contribution is 0.0852. The largest absolute Gasteiger partial charge is 0.335 e. The minimum Gasteiger partial charge on any atom is -0.335 e. The van der Waals surface area contributed by atoms with E-state index in [1.165, 1.54) is 11.8 Å². The molecule has 0 fully saturated rings. The Bertz CT molecular complexity index is 551. The van der Waals surface area contributed by atoms with E-state index in [9.17, 15) is 4.79 Å². The van der Waals surface area contributed by atoms with Crippen molar-refractivity contribution in [3.05, 3.63) is 18.0 Å². The van der Waals surface area contributed by atoms with Gasteiger partial charge in [-0.25, -0.2) is 15.0 Å². The van der Waals surface area contributed by atoms with E-state index < -0.39 is 0 Å². The molecule has 0 aliphatic carbocycles. The first kappa shape index (κ1) is 11.9. The summed E-state index contributed by atoms with van der Waals surface area (Å²) in [4.78, 5) is 23.1. The Kier molecular flexibility index (Phi) is 3.30. The molecule has 2 aromatic rings. The SMILES string of the molecule is CSc1ncc2cc(C(=O)NN(C)C)[nH]c2n1. The van der Waals surface area contributed by atoms with Crippen molar-refractivity contribution in [3.8, 4) is 0 Å². The van der Waals surface area contributed by atoms with E-state index in [-0.39, 0.29) is 5.91 Å². The lowest BCUT2D eigenvalue weighted by Crippen LogP contribution is -2.36. The molecule has 0 aliphatic rings. The van der Waals surface area contributed by atoms with Crippen LogP contribution in [0.5, 0.6) is 0 Å². The molecule has 0 radical (unpaired) electrons. The van der Waals surface area contributed by atoms with Gasteiger partial charge in [0.05, 0.1) is 0 Å². The quantitative estimate of drug-likeness (QED) is 0.481. The average molecular weight is 251 g/mol. The Morgan fingerprint density at radius 1 is 1.53 bits per heavy atom. The Morgan fingerprint density at radius 3 is 2.94 bits per heavy atom. The molecule has 0 saturated carbocycles. The zero-order chi connectivity index (χ0) is 12.4. The Hall–Kier alpha value is -1.60. The number of hydrogen-bond donors (Lipinski definition) is 2. The maximum atomic E-state index is 11.7. The topological polar surface area (TPSA) is 73.9 Å². The van der Waals surface area contributed by atoms with Gasteiger partial charge in [-0.05, 0) is 12.3 Å². The van der Waals surface area contributed by atoms with Crippen LogP contribution in [0, 0.1) is 0 Å². The van der Waals surface area contributed by atoms with Crippen LogP contribution in [-0.4, -0.2) is 46.2 Å². The normalized spacial score (nSPS) is 11.1. The summed E-state index contributed by atoms with van der Waals surface area (Å²) in [6.07, 6.45) is 3.61. The number of nitrogens with one attached hydrogen (secondary N) is 2. The van der Waals surface area contributed by atoms with Gasteiger partial charge in [0.2, 0.25) is 0 Å². The minimum absolute atomic E-state index is 0.196. The molecule has 0 aromatic carbocycles. The van der Waals surface area contributed by atoms with Crippen molar-refractivity contribution in [2.45, 2.75) is 5.16 Å². The van der Waals surface area contributed by atoms with Gasteiger partial charge in [-0.15, -0.1) is 0 Å². The molecule has 0 aliphatic heterocycles. The number of hydrogen-bond acceptors (Lipinski definition) is 5. The molecule has 17 heavy (non-hydrogen) atoms. The number of carbonyl (C=O) groups excluding carboxylic acids is 1. The van der Waals surface area contributed by atoms with Crippen LogP contribution in [-0.2, 0) is 0 Å². The second-order valence-electron chi connectivity index (χ2n) is 3.68. The number of amides is 1. The molecule has 90 valence electrons. The summed E-state index contributed by atoms with van der Waals surface area (Å²) in [5.41, 5.74) is 3.81. The fourth-order valence-corrected chi connectivity index (χ4v) is 1.72. The lowest BCUT2D eigenvalue weighted by atomic mass is 10.3. The highest BCUT2D eigenvalue weighted by molar-refractivity contribution is 7.98. The summed E-state index contributed by atoms with van der Waals surface area (Å²) in [6.45, 7) is 0. The fourth-order valence-electron chi connectivity index (χ4n) is 1.38. The molecular weight excluding hydrogens is 238 g/mol. The highest BCUT2D eigenvalue weighted by atomic mass is 32.2. The molecule has 1 amide bonds. The van der Waals surface area contributed by atoms with Gasteiger partial charge in [-0.2, -0.15) is 0 Å². The predicted molar refractivity (Wildman–Crippen MR) is 66.8 cm³/mol. The smallest absolute Gasteiger partial charge is 0.282 e. The van der Waals surface area contributed by atoms with Gasteiger partial charge in [0, 0.05) is 25.7 Å². The van der Waals surface area contributed by atoms with Gasteiger partial charge < -0.3 is 4.98 Å². The lowest BCUT2D eigenvalue weighted by Gasteiger charge is -2.09. The summed E-state index contributed by atoms with van der Waals surface area (Å²) < 4.78 is 0. The molecule has 0 unspecified atom stereocenters. The number of nitrogens with zero attached hydrogens (tertiary/aromatic N) is 3. The third-order valence-electron chi connectivity index (χ3n) is 2.10. The molecule has 0 atom stereocenters. The van der Waals surface area contributed by atoms with Crippen molar-refractivity contribution in [2.24, 2.45) is 0 Å². The van der Waals surface area contributed by atoms with Gasteiger partial charge in [0.1, 0.15) is 11.3 Å². The van der Waals surface area contributed by atoms with E-state index in [0.717, 1.165) is 5.39 Å². The number of aromatic amines is 1. The third-order valence-corrected chi connectivity index (χ3v) is 2.66. The third kappa shape index (κ3) is 2.56. The molecule has 6 nitrogen and oxygen atoms in total. The number of H-pyrrole nitrogens is 1. The van der Waals surface area contributed by atoms with E-state index in [1.807, 2.05) is 6.26 Å². The van der Waals surface area contributed by atoms with Crippen LogP contribution in [0.25, 0.3) is 11.0 Å². The molecular formula is C10H13N5OS. The molecule has 7 heteroatoms. The molecule has 0 bridgehead atoms. The van der Waals surface area contributed by atoms with Gasteiger partial charge in [-0.3, -0.25) is 10.2 Å². The molecule has 0 saturated heterocycles. The van der Waals surface area contributed by atoms with E-state index in [0.29, 0.717) is 16.5 Å². The van der Waals surface area contributed by atoms with Crippen LogP contribution in [0.3, 0.4) is 0 Å². The summed E-state index contributed by atoms with van der Waals surface area (Å²) in [5.74, 6) is -0.196. The maximum absolute atomic E-state index is 11.7. The van der Waals surface area contributed by atoms with Crippen LogP contribution < -0.4 is 5.43 Å². The fraction of sp³-hybridized carbons (Fsp3) is 0.300. The van der Waals surface area contributed by atoms with Crippen molar-refractivity contribution in [1.29, 1.82) is 0 Å². The van der Waals surface area contributed by atoms with Crippen LogP contribution >= 0.6 is 11.8 Å². The minimum atomic E-state index is -0.196. The van der Waals surface area contributed by atoms with Crippen molar-refractivity contribution in [3.63, 3.8) is 0 Å². The molecule has 2 aromatic heterocycles. The number of thioether (sulfide) groups is 1. The first-order valence-electron chi connectivity index (χ1n) is 4.98. The predicted octanol–water partition coefficient (Wildman–Crippen LogP) is 0.886. The second-order valence-corrected chi connectivity index (χ2v) is 4.45. The van der Waals surface area contributed by atoms with Gasteiger partial charge in [0.15, 0.2) is 5.16 Å². The molecule has 2 N–H and O–H groups in total. The van der Waals surface area contributed by atoms with Gasteiger partial charge in [-0.1, -0.05) is 11.8 Å². The van der Waals surface area contributed by atoms with Crippen molar-refractivity contribution >= 4 is 28.7 Å². The Balaban J connectivity index is 2.34. The summed E-state index contributed by atoms with van der Waals surface area (Å²) in [5, 5.41) is 3.10. The van der Waals surface area contributed by atoms with Crippen LogP contribution in [0.1, 0.15) is 10.5 Å². The molecule has 2 rings (SSSR count). The zero-order valence-corrected chi connectivity index (χ0v) is 10.6. The first-order valence-corrected chi connectivity index (χ1v) is 6.20. The monoisotopic (exact) mass is 251 g/mol. The average Bonchev–Trinajstić information content (AvgIpc) is 2.70. The second kappa shape index (κ2) is 4.72. The highest BCUT2D eigenvalue weighted by Gasteiger charge is 2.11. The van der Waals surface area contributed by atoms with Crippen LogP contribution in [0.2, 0.25) is 0 Å². The number of carbonyl (C=O) groups is 1. The molecule has 2 heterocycles. The zero-order valence-electron chi connectivity index (χ0n) is 9.81. The number of rotatable bonds is 3. The highest BCUT2D eigenvalue weighted by Crippen LogP contribution is 2.16. The summed E-state index contributed by atoms with van der Waals surface area (Å²) in [6, 6.07) is 1.73. The maximum Gasteiger partial charge on any atom is 0.282 e. The van der Waals surface area contributed by atoms with Crippen molar-refractivity contribution < 1.29 is 4.79 Å². The summed E-state index contributed by atoms with van der Waals surface area (Å²) in [7, 11) is 3.51. The van der Waals surface area contributed by atoms with Gasteiger partial charge >= 0.3 is 0 Å². The standard InChI is InChI=1S/C10H13N5OS/c1-15(2)14-9(16)7-4-6-5-11-10(17-3)13-8(6)12-7/h4-5H,1-3H3,(H,14,16)(H,11,12,13). The molecule has 0 spiro atoms. The number of fused-ring (bicyclic) bond motifs is 1. The Labute approximate surface area is 103 Å². The van der Waals surface area contributed by atoms with Crippen LogP contribution in [0.4, 0.5) is 0 Å². The van der Waals surface area contributed by atoms with E-state index in [4.69, 9.17) is 0 Å². The Morgan fingerprint density at radius 2 is 2.29 bits per heavy atom. The number of hydrazine groups is 1. The van der Waals surface area contributed by atoms with Crippen molar-refractivity contribution in [1.82, 2.24) is 25.4 Å². The van der Waals surface area contributed by atoms with E-state index in [1.54, 1.807) is 31.4 Å². The van der Waals surface area contributed by atoms with Gasteiger partial charge in [0.25, 0.3) is 5.91 Å². The van der Waals surface area contributed by atoms with Crippen molar-refractivity contribution in [2.75, 3.05) is 20.4 Å². The van der Waals surface area contributed by atoms with Crippen LogP contribution in [0.15, 0.2) is 17.4 Å². The summed E-state index contributed by atoms with van der Waals surface area (Å²) >= 11 is 1.46. The van der Waals surface area contributed by atoms with E-state index >= 15 is 0 Å². The first-order chi connectivity index (χ1) is 8.10. The van der Waals surface area contributed by atoms with E-state index in [2.05, 4.69) is 20.4 Å². The number of aromatic nitrogens is 3.